The van der Waals surface area contributed by atoms with Gasteiger partial charge >= 0.3 is 12.0 Å². The van der Waals surface area contributed by atoms with Crippen LogP contribution in [0.4, 0.5) is 9.93 Å². The Morgan fingerprint density at radius 1 is 1.00 bits per heavy atom. The molecule has 1 unspecified atom stereocenters. The quantitative estimate of drug-likeness (QED) is 0.0922. The second kappa shape index (κ2) is 20.3. The van der Waals surface area contributed by atoms with Gasteiger partial charge in [0.1, 0.15) is 40.9 Å². The van der Waals surface area contributed by atoms with E-state index in [1.54, 1.807) is 37.4 Å². The van der Waals surface area contributed by atoms with Gasteiger partial charge in [-0.1, -0.05) is 62.5 Å². The van der Waals surface area contributed by atoms with Crippen molar-refractivity contribution in [3.05, 3.63) is 71.6 Å². The first-order valence-electron chi connectivity index (χ1n) is 24.3. The van der Waals surface area contributed by atoms with E-state index in [0.29, 0.717) is 52.2 Å². The van der Waals surface area contributed by atoms with E-state index in [0.717, 1.165) is 50.1 Å². The number of amides is 4. The SMILES string of the molecule is COc1ccc2c(O[C@@H]3C[C@H]4C(=O)N[C@]5(C(=O)O)CC5C=CCCCCC[C@H](NC(=O)N[C@H](CN5Cc6ccccc6S5(=O)=O)C5CCCCC5)C(=O)N4C3)cc(-c3csc(NC(C)C)n3)nc2c1. The number of sulfonamides is 1. The minimum absolute atomic E-state index is 0.0256. The minimum Gasteiger partial charge on any atom is -0.497 e. The number of urea groups is 1. The van der Waals surface area contributed by atoms with E-state index >= 15 is 4.79 Å². The summed E-state index contributed by atoms with van der Waals surface area (Å²) in [6.45, 7) is 4.31. The van der Waals surface area contributed by atoms with E-state index in [1.165, 1.54) is 20.5 Å². The second-order valence-electron chi connectivity index (χ2n) is 19.4. The largest absolute Gasteiger partial charge is 0.497 e. The van der Waals surface area contributed by atoms with Gasteiger partial charge < -0.3 is 40.7 Å². The van der Waals surface area contributed by atoms with E-state index in [4.69, 9.17) is 19.4 Å². The third-order valence-corrected chi connectivity index (χ3v) is 16.9. The van der Waals surface area contributed by atoms with Gasteiger partial charge in [-0.2, -0.15) is 4.31 Å². The second-order valence-corrected chi connectivity index (χ2v) is 22.2. The number of carboxylic acids is 1. The highest BCUT2D eigenvalue weighted by Gasteiger charge is 2.61. The zero-order valence-electron chi connectivity index (χ0n) is 39.3. The summed E-state index contributed by atoms with van der Waals surface area (Å²) in [5.74, 6) is -1.59. The standard InChI is InChI=1S/C50H62N8O9S2/c1-30(2)51-49-55-41(29-68-49)39-24-43(36-21-20-34(66-3)22-38(36)52-39)67-35-23-42-45(59)56-50(47(61)62)25-33(50)17-10-5-4-6-11-18-37(46(60)58(42)27-35)53-48(63)54-40(31-14-8-7-9-15-31)28-57-26-32-16-12-13-19-44(32)69(57,64)65/h10,12-13,16-17,19-22,24,29-31,33,35,37,40,42H,4-9,11,14-15,18,23,25-28H2,1-3H3,(H,51,55)(H,56,59)(H,61,62)(H2,53,54,63)/t33?,35-,37+,40-,42+,50-/m1/s1. The zero-order chi connectivity index (χ0) is 48.5. The van der Waals surface area contributed by atoms with E-state index in [-0.39, 0.29) is 55.8 Å². The molecule has 0 bridgehead atoms. The number of carbonyl (C=O) groups excluding carboxylic acids is 3. The van der Waals surface area contributed by atoms with Crippen LogP contribution in [-0.2, 0) is 31.0 Å². The molecule has 2 aliphatic carbocycles. The third kappa shape index (κ3) is 10.4. The van der Waals surface area contributed by atoms with Gasteiger partial charge in [0.2, 0.25) is 21.8 Å². The molecule has 368 valence electrons. The van der Waals surface area contributed by atoms with Gasteiger partial charge in [-0.25, -0.2) is 28.0 Å². The lowest BCUT2D eigenvalue weighted by molar-refractivity contribution is -0.145. The number of nitrogens with one attached hydrogen (secondary N) is 4. The van der Waals surface area contributed by atoms with Crippen molar-refractivity contribution < 1.29 is 42.2 Å². The number of allylic oxidation sites excluding steroid dienone is 1. The highest BCUT2D eigenvalue weighted by Crippen LogP contribution is 2.46. The van der Waals surface area contributed by atoms with Gasteiger partial charge in [0.15, 0.2) is 5.13 Å². The van der Waals surface area contributed by atoms with Crippen LogP contribution >= 0.6 is 11.3 Å². The molecule has 5 heterocycles. The number of carboxylic acid groups (broad SMARTS) is 1. The Morgan fingerprint density at radius 2 is 1.78 bits per heavy atom. The van der Waals surface area contributed by atoms with Crippen LogP contribution in [0, 0.1) is 11.8 Å². The number of hydrogen-bond acceptors (Lipinski definition) is 12. The Morgan fingerprint density at radius 3 is 2.55 bits per heavy atom. The van der Waals surface area contributed by atoms with Crippen LogP contribution in [-0.4, -0.2) is 113 Å². The molecule has 4 amide bonds. The number of hydrogen-bond donors (Lipinski definition) is 5. The van der Waals surface area contributed by atoms with Gasteiger partial charge in [-0.15, -0.1) is 11.3 Å². The molecule has 3 aliphatic heterocycles. The predicted molar refractivity (Wildman–Crippen MR) is 261 cm³/mol. The maximum Gasteiger partial charge on any atom is 0.330 e. The van der Waals surface area contributed by atoms with Gasteiger partial charge in [0, 0.05) is 60.4 Å². The van der Waals surface area contributed by atoms with Crippen LogP contribution in [0.1, 0.15) is 96.5 Å². The Bertz CT molecular complexity index is 2720. The molecule has 2 saturated carbocycles. The fourth-order valence-electron chi connectivity index (χ4n) is 10.5. The van der Waals surface area contributed by atoms with Crippen molar-refractivity contribution in [3.63, 3.8) is 0 Å². The first kappa shape index (κ1) is 48.2. The molecular formula is C50H62N8O9S2. The minimum atomic E-state index is -3.78. The Balaban J connectivity index is 1.00. The monoisotopic (exact) mass is 982 g/mol. The first-order valence-corrected chi connectivity index (χ1v) is 26.6. The summed E-state index contributed by atoms with van der Waals surface area (Å²) in [6.07, 6.45) is 11.1. The fourth-order valence-corrected chi connectivity index (χ4v) is 13.0. The molecule has 3 fully saturated rings. The van der Waals surface area contributed by atoms with Crippen molar-refractivity contribution in [2.75, 3.05) is 25.5 Å². The van der Waals surface area contributed by atoms with Gasteiger partial charge in [0.25, 0.3) is 0 Å². The topological polar surface area (TPSA) is 221 Å². The van der Waals surface area contributed by atoms with Gasteiger partial charge in [-0.3, -0.25) is 9.59 Å². The smallest absolute Gasteiger partial charge is 0.330 e. The maximum absolute atomic E-state index is 15.1. The lowest BCUT2D eigenvalue weighted by atomic mass is 9.84. The molecule has 1 saturated heterocycles. The molecule has 2 aromatic heterocycles. The van der Waals surface area contributed by atoms with E-state index in [9.17, 15) is 27.9 Å². The van der Waals surface area contributed by atoms with E-state index in [1.807, 2.05) is 49.6 Å². The summed E-state index contributed by atoms with van der Waals surface area (Å²) in [5, 5.41) is 26.0. The predicted octanol–water partition coefficient (Wildman–Crippen LogP) is 6.84. The number of aromatic nitrogens is 2. The van der Waals surface area contributed by atoms with Crippen LogP contribution in [0.15, 0.2) is 71.0 Å². The zero-order valence-corrected chi connectivity index (χ0v) is 41.0. The summed E-state index contributed by atoms with van der Waals surface area (Å²) < 4.78 is 41.2. The van der Waals surface area contributed by atoms with Crippen molar-refractivity contribution in [1.82, 2.24) is 35.1 Å². The molecule has 2 aromatic carbocycles. The Labute approximate surface area is 406 Å². The van der Waals surface area contributed by atoms with Gasteiger partial charge in [0.05, 0.1) is 29.8 Å². The van der Waals surface area contributed by atoms with Crippen molar-refractivity contribution in [2.24, 2.45) is 11.8 Å². The number of rotatable bonds is 12. The van der Waals surface area contributed by atoms with Crippen molar-refractivity contribution in [3.8, 4) is 22.9 Å². The number of anilines is 1. The highest BCUT2D eigenvalue weighted by atomic mass is 32.2. The number of methoxy groups -OCH3 is 1. The lowest BCUT2D eigenvalue weighted by Gasteiger charge is -2.34. The number of thiazole rings is 1. The number of benzene rings is 2. The summed E-state index contributed by atoms with van der Waals surface area (Å²) >= 11 is 1.45. The Hall–Kier alpha value is -5.79. The molecule has 0 spiro atoms. The molecule has 0 radical (unpaired) electrons. The molecule has 69 heavy (non-hydrogen) atoms. The molecule has 4 aromatic rings. The molecule has 5 N–H and O–H groups in total. The molecule has 9 rings (SSSR count). The number of carbonyl (C=O) groups is 4. The average molecular weight is 983 g/mol. The highest BCUT2D eigenvalue weighted by molar-refractivity contribution is 7.89. The van der Waals surface area contributed by atoms with E-state index < -0.39 is 69.5 Å². The number of aliphatic carboxylic acids is 1. The first-order chi connectivity index (χ1) is 33.2. The molecule has 5 aliphatic rings. The summed E-state index contributed by atoms with van der Waals surface area (Å²) in [5.41, 5.74) is 0.960. The lowest BCUT2D eigenvalue weighted by Crippen LogP contribution is -2.58. The van der Waals surface area contributed by atoms with Crippen molar-refractivity contribution in [1.29, 1.82) is 0 Å². The Kier molecular flexibility index (Phi) is 14.2. The summed E-state index contributed by atoms with van der Waals surface area (Å²) in [6, 6.07) is 11.0. The van der Waals surface area contributed by atoms with Crippen LogP contribution < -0.4 is 30.7 Å². The number of ether oxygens (including phenoxy) is 2. The van der Waals surface area contributed by atoms with Crippen LogP contribution in [0.25, 0.3) is 22.3 Å². The number of pyridine rings is 1. The molecule has 6 atom stereocenters. The number of nitrogens with zero attached hydrogens (tertiary/aromatic N) is 4. The fraction of sp³-hybridized carbons (Fsp3) is 0.520. The van der Waals surface area contributed by atoms with Gasteiger partial charge in [-0.05, 0) is 82.1 Å². The van der Waals surface area contributed by atoms with Crippen LogP contribution in [0.5, 0.6) is 11.5 Å². The molecular weight excluding hydrogens is 921 g/mol. The van der Waals surface area contributed by atoms with Crippen molar-refractivity contribution in [2.45, 2.75) is 138 Å². The number of fused-ring (bicyclic) bond motifs is 4. The maximum atomic E-state index is 15.1. The van der Waals surface area contributed by atoms with Crippen LogP contribution in [0.3, 0.4) is 0 Å². The van der Waals surface area contributed by atoms with Crippen molar-refractivity contribution >= 4 is 61.2 Å². The third-order valence-electron chi connectivity index (χ3n) is 14.3. The summed E-state index contributed by atoms with van der Waals surface area (Å²) in [4.78, 5) is 68.2. The van der Waals surface area contributed by atoms with E-state index in [2.05, 4.69) is 21.3 Å². The molecule has 17 nitrogen and oxygen atoms in total. The van der Waals surface area contributed by atoms with Crippen LogP contribution in [0.2, 0.25) is 0 Å². The summed E-state index contributed by atoms with van der Waals surface area (Å²) in [7, 11) is -2.20. The molecule has 19 heteroatoms. The average Bonchev–Trinajstić information content (AvgIpc) is 3.56. The normalized spacial score (nSPS) is 25.7.